The summed E-state index contributed by atoms with van der Waals surface area (Å²) in [6.07, 6.45) is 5.87. The van der Waals surface area contributed by atoms with Crippen molar-refractivity contribution in [1.29, 1.82) is 0 Å². The fourth-order valence-corrected chi connectivity index (χ4v) is 3.82. The molecule has 1 heterocycles. The number of alkyl carbamates (subject to hydrolysis) is 1. The molecule has 0 radical (unpaired) electrons. The summed E-state index contributed by atoms with van der Waals surface area (Å²) in [7, 11) is 0. The van der Waals surface area contributed by atoms with Gasteiger partial charge in [0, 0.05) is 19.8 Å². The van der Waals surface area contributed by atoms with Crippen LogP contribution in [0.4, 0.5) is 4.79 Å². The number of carbonyl (C=O) groups excluding carboxylic acids is 4. The van der Waals surface area contributed by atoms with Crippen molar-refractivity contribution in [3.63, 3.8) is 0 Å². The van der Waals surface area contributed by atoms with E-state index in [0.29, 0.717) is 6.42 Å². The van der Waals surface area contributed by atoms with Crippen LogP contribution in [0.1, 0.15) is 58.9 Å². The van der Waals surface area contributed by atoms with Crippen LogP contribution >= 0.6 is 0 Å². The molecule has 1 aliphatic carbocycles. The molecule has 1 aromatic carbocycles. The summed E-state index contributed by atoms with van der Waals surface area (Å²) in [6.45, 7) is 7.88. The number of benzene rings is 1. The molecule has 1 N–H and O–H groups in total. The van der Waals surface area contributed by atoms with Gasteiger partial charge in [0.25, 0.3) is 5.79 Å². The van der Waals surface area contributed by atoms with Crippen molar-refractivity contribution in [1.82, 2.24) is 5.32 Å². The second kappa shape index (κ2) is 9.83. The third-order valence-electron chi connectivity index (χ3n) is 5.33. The number of amides is 1. The van der Waals surface area contributed by atoms with Crippen LogP contribution < -0.4 is 5.32 Å². The van der Waals surface area contributed by atoms with Gasteiger partial charge in [0.1, 0.15) is 5.60 Å². The molecule has 0 saturated carbocycles. The summed E-state index contributed by atoms with van der Waals surface area (Å²) in [4.78, 5) is 50.6. The van der Waals surface area contributed by atoms with Gasteiger partial charge in [-0.1, -0.05) is 48.6 Å². The van der Waals surface area contributed by atoms with E-state index in [4.69, 9.17) is 14.2 Å². The van der Waals surface area contributed by atoms with Crippen molar-refractivity contribution in [3.8, 4) is 0 Å². The maximum Gasteiger partial charge on any atom is 0.408 e. The summed E-state index contributed by atoms with van der Waals surface area (Å²) in [5, 5.41) is 2.52. The first-order valence-corrected chi connectivity index (χ1v) is 11.3. The lowest BCUT2D eigenvalue weighted by atomic mass is 9.86. The fourth-order valence-electron chi connectivity index (χ4n) is 3.82. The Morgan fingerprint density at radius 1 is 1.12 bits per heavy atom. The van der Waals surface area contributed by atoms with Gasteiger partial charge in [-0.3, -0.25) is 14.4 Å². The van der Waals surface area contributed by atoms with Gasteiger partial charge >= 0.3 is 18.0 Å². The molecule has 1 saturated heterocycles. The highest BCUT2D eigenvalue weighted by Crippen LogP contribution is 2.30. The summed E-state index contributed by atoms with van der Waals surface area (Å²) in [6, 6.07) is 8.82. The lowest BCUT2D eigenvalue weighted by Gasteiger charge is -2.33. The molecule has 0 aromatic heterocycles. The van der Waals surface area contributed by atoms with E-state index in [1.165, 1.54) is 19.4 Å². The number of carbonyl (C=O) groups is 4. The van der Waals surface area contributed by atoms with E-state index >= 15 is 0 Å². The predicted octanol–water partition coefficient (Wildman–Crippen LogP) is 3.96. The highest BCUT2D eigenvalue weighted by atomic mass is 16.7. The number of hydrogen-bond donors (Lipinski definition) is 1. The lowest BCUT2D eigenvalue weighted by Crippen LogP contribution is -2.54. The molecule has 3 rings (SSSR count). The largest absolute Gasteiger partial charge is 0.444 e. The smallest absolute Gasteiger partial charge is 0.408 e. The van der Waals surface area contributed by atoms with Gasteiger partial charge in [0.2, 0.25) is 5.92 Å². The third kappa shape index (κ3) is 6.56. The molecule has 2 aliphatic rings. The Labute approximate surface area is 199 Å². The minimum atomic E-state index is -1.78. The van der Waals surface area contributed by atoms with Crippen LogP contribution in [0, 0.1) is 5.92 Å². The maximum absolute atomic E-state index is 13.3. The summed E-state index contributed by atoms with van der Waals surface area (Å²) in [5.41, 5.74) is 1.17. The number of rotatable bonds is 6. The normalized spacial score (nSPS) is 21.1. The second-order valence-electron chi connectivity index (χ2n) is 9.87. The zero-order valence-corrected chi connectivity index (χ0v) is 20.1. The fraction of sp³-hybridized carbons (Fsp3) is 0.462. The standard InChI is InChI=1S/C26H31NO7/c1-25(2,3)34-24(31)27-19(21(28)20-22(29)32-26(4,5)33-23(20)30)15-16-11-13-18(14-12-16)17-9-7-6-8-10-17/h6-13,18-20H,14-15H2,1-5H3,(H,27,31)/t18?,19-/m1/s1. The van der Waals surface area contributed by atoms with Crippen LogP contribution in [-0.2, 0) is 28.6 Å². The lowest BCUT2D eigenvalue weighted by molar-refractivity contribution is -0.238. The quantitative estimate of drug-likeness (QED) is 0.496. The molecule has 2 atom stereocenters. The van der Waals surface area contributed by atoms with Crippen molar-refractivity contribution in [3.05, 3.63) is 59.7 Å². The van der Waals surface area contributed by atoms with Crippen LogP contribution in [-0.4, -0.2) is 41.2 Å². The zero-order valence-electron chi connectivity index (χ0n) is 20.1. The summed E-state index contributed by atoms with van der Waals surface area (Å²) < 4.78 is 15.5. The molecule has 1 unspecified atom stereocenters. The Morgan fingerprint density at radius 2 is 1.74 bits per heavy atom. The van der Waals surface area contributed by atoms with Gasteiger partial charge in [-0.05, 0) is 44.7 Å². The molecule has 8 nitrogen and oxygen atoms in total. The van der Waals surface area contributed by atoms with E-state index in [-0.39, 0.29) is 12.3 Å². The number of hydrogen-bond acceptors (Lipinski definition) is 7. The van der Waals surface area contributed by atoms with E-state index in [9.17, 15) is 19.2 Å². The molecule has 1 amide bonds. The first-order chi connectivity index (χ1) is 15.8. The summed E-state index contributed by atoms with van der Waals surface area (Å²) >= 11 is 0. The Balaban J connectivity index is 1.77. The monoisotopic (exact) mass is 469 g/mol. The molecule has 1 aliphatic heterocycles. The Bertz CT molecular complexity index is 997. The first kappa shape index (κ1) is 25.2. The average Bonchev–Trinajstić information content (AvgIpc) is 2.71. The van der Waals surface area contributed by atoms with Gasteiger partial charge in [-0.2, -0.15) is 0 Å². The van der Waals surface area contributed by atoms with E-state index in [2.05, 4.69) is 5.32 Å². The number of ether oxygens (including phenoxy) is 3. The molecule has 1 fully saturated rings. The van der Waals surface area contributed by atoms with Crippen LogP contribution in [0.5, 0.6) is 0 Å². The van der Waals surface area contributed by atoms with Crippen LogP contribution in [0.15, 0.2) is 54.1 Å². The van der Waals surface area contributed by atoms with Crippen molar-refractivity contribution in [2.75, 3.05) is 0 Å². The minimum Gasteiger partial charge on any atom is -0.444 e. The van der Waals surface area contributed by atoms with Crippen molar-refractivity contribution < 1.29 is 33.4 Å². The average molecular weight is 470 g/mol. The Kier molecular flexibility index (Phi) is 7.29. The van der Waals surface area contributed by atoms with Crippen molar-refractivity contribution >= 4 is 23.8 Å². The molecule has 0 bridgehead atoms. The van der Waals surface area contributed by atoms with Crippen molar-refractivity contribution in [2.24, 2.45) is 5.92 Å². The highest BCUT2D eigenvalue weighted by molar-refractivity contribution is 6.17. The molecule has 0 spiro atoms. The maximum atomic E-state index is 13.3. The number of nitrogens with one attached hydrogen (secondary N) is 1. The molecular weight excluding hydrogens is 438 g/mol. The second-order valence-corrected chi connectivity index (χ2v) is 9.87. The molecule has 34 heavy (non-hydrogen) atoms. The van der Waals surface area contributed by atoms with Gasteiger partial charge < -0.3 is 19.5 Å². The number of cyclic esters (lactones) is 2. The van der Waals surface area contributed by atoms with Crippen LogP contribution in [0.2, 0.25) is 0 Å². The van der Waals surface area contributed by atoms with E-state index in [0.717, 1.165) is 5.57 Å². The highest BCUT2D eigenvalue weighted by Gasteiger charge is 2.49. The van der Waals surface area contributed by atoms with Gasteiger partial charge in [0.05, 0.1) is 6.04 Å². The van der Waals surface area contributed by atoms with Crippen molar-refractivity contribution in [2.45, 2.75) is 70.8 Å². The van der Waals surface area contributed by atoms with Gasteiger partial charge in [0.15, 0.2) is 5.78 Å². The molecule has 8 heteroatoms. The molecule has 1 aromatic rings. The Hall–Kier alpha value is -3.42. The predicted molar refractivity (Wildman–Crippen MR) is 124 cm³/mol. The van der Waals surface area contributed by atoms with Crippen LogP contribution in [0.3, 0.4) is 0 Å². The molecule has 182 valence electrons. The SMILES string of the molecule is CC(C)(C)OC(=O)N[C@H](CC1=CCC(c2ccccc2)C=C1)C(=O)C1C(=O)OC(C)(C)OC1=O. The Morgan fingerprint density at radius 3 is 2.26 bits per heavy atom. The third-order valence-corrected chi connectivity index (χ3v) is 5.33. The number of Topliss-reactive ketones (excluding diaryl/α,β-unsaturated/α-hetero) is 1. The van der Waals surface area contributed by atoms with Gasteiger partial charge in [-0.15, -0.1) is 0 Å². The number of ketones is 1. The topological polar surface area (TPSA) is 108 Å². The first-order valence-electron chi connectivity index (χ1n) is 11.3. The van der Waals surface area contributed by atoms with E-state index in [1.807, 2.05) is 48.6 Å². The van der Waals surface area contributed by atoms with E-state index < -0.39 is 47.2 Å². The summed E-state index contributed by atoms with van der Waals surface area (Å²) in [5.74, 6) is -5.85. The van der Waals surface area contributed by atoms with Gasteiger partial charge in [-0.25, -0.2) is 4.79 Å². The zero-order chi connectivity index (χ0) is 25.1. The van der Waals surface area contributed by atoms with E-state index in [1.54, 1.807) is 20.8 Å². The number of allylic oxidation sites excluding steroid dienone is 3. The van der Waals surface area contributed by atoms with Crippen LogP contribution in [0.25, 0.3) is 0 Å². The molecular formula is C26H31NO7. The number of esters is 2. The minimum absolute atomic E-state index is 0.0799.